The first-order chi connectivity index (χ1) is 9.67. The van der Waals surface area contributed by atoms with Gasteiger partial charge < -0.3 is 14.8 Å². The molecule has 3 nitrogen and oxygen atoms in total. The molecule has 1 aromatic carbocycles. The molecule has 0 amide bonds. The molecule has 1 N–H and O–H groups in total. The normalized spacial score (nSPS) is 12.7. The van der Waals surface area contributed by atoms with Crippen LogP contribution in [0.25, 0.3) is 0 Å². The van der Waals surface area contributed by atoms with Crippen LogP contribution in [0.1, 0.15) is 45.7 Å². The minimum absolute atomic E-state index is 0.249. The number of benzene rings is 1. The van der Waals surface area contributed by atoms with Crippen molar-refractivity contribution in [3.05, 3.63) is 29.8 Å². The Morgan fingerprint density at radius 3 is 2.30 bits per heavy atom. The molecule has 0 radical (unpaired) electrons. The van der Waals surface area contributed by atoms with Gasteiger partial charge in [-0.2, -0.15) is 0 Å². The summed E-state index contributed by atoms with van der Waals surface area (Å²) in [7, 11) is 0. The fraction of sp³-hybridized carbons (Fsp3) is 0.647. The molecular weight excluding hydrogens is 250 g/mol. The van der Waals surface area contributed by atoms with Crippen molar-refractivity contribution in [3.63, 3.8) is 0 Å². The summed E-state index contributed by atoms with van der Waals surface area (Å²) in [5.41, 5.74) is 1.25. The maximum absolute atomic E-state index is 5.77. The third kappa shape index (κ3) is 6.40. The van der Waals surface area contributed by atoms with E-state index in [1.165, 1.54) is 5.56 Å². The van der Waals surface area contributed by atoms with Crippen LogP contribution < -0.4 is 10.1 Å². The summed E-state index contributed by atoms with van der Waals surface area (Å²) in [6.07, 6.45) is 1.03. The average Bonchev–Trinajstić information content (AvgIpc) is 2.44. The highest BCUT2D eigenvalue weighted by Gasteiger charge is 2.11. The van der Waals surface area contributed by atoms with Crippen molar-refractivity contribution >= 4 is 0 Å². The van der Waals surface area contributed by atoms with Crippen LogP contribution in [0.15, 0.2) is 24.3 Å². The SMILES string of the molecule is CCCOc1ccc(C(COCC(C)C)NCC)cc1. The van der Waals surface area contributed by atoms with Gasteiger partial charge in [0.1, 0.15) is 5.75 Å². The van der Waals surface area contributed by atoms with Gasteiger partial charge in [0.05, 0.1) is 19.3 Å². The Hall–Kier alpha value is -1.06. The van der Waals surface area contributed by atoms with Crippen LogP contribution in [-0.2, 0) is 4.74 Å². The fourth-order valence-electron chi connectivity index (χ4n) is 1.96. The summed E-state index contributed by atoms with van der Waals surface area (Å²) in [6.45, 7) is 11.8. The third-order valence-corrected chi connectivity index (χ3v) is 2.94. The van der Waals surface area contributed by atoms with Gasteiger partial charge in [-0.15, -0.1) is 0 Å². The van der Waals surface area contributed by atoms with Gasteiger partial charge in [-0.25, -0.2) is 0 Å². The maximum Gasteiger partial charge on any atom is 0.119 e. The van der Waals surface area contributed by atoms with Crippen LogP contribution in [-0.4, -0.2) is 26.4 Å². The molecule has 1 atom stereocenters. The second-order valence-electron chi connectivity index (χ2n) is 5.46. The van der Waals surface area contributed by atoms with E-state index in [2.05, 4.69) is 45.1 Å². The maximum atomic E-state index is 5.77. The molecule has 3 heteroatoms. The highest BCUT2D eigenvalue weighted by molar-refractivity contribution is 5.29. The van der Waals surface area contributed by atoms with Crippen LogP contribution in [0.5, 0.6) is 5.75 Å². The zero-order valence-corrected chi connectivity index (χ0v) is 13.3. The smallest absolute Gasteiger partial charge is 0.119 e. The van der Waals surface area contributed by atoms with E-state index in [1.54, 1.807) is 0 Å². The van der Waals surface area contributed by atoms with Crippen molar-refractivity contribution in [3.8, 4) is 5.75 Å². The lowest BCUT2D eigenvalue weighted by molar-refractivity contribution is 0.0905. The Bertz CT molecular complexity index is 349. The Morgan fingerprint density at radius 1 is 1.05 bits per heavy atom. The summed E-state index contributed by atoms with van der Waals surface area (Å²) >= 11 is 0. The number of hydrogen-bond donors (Lipinski definition) is 1. The number of nitrogens with one attached hydrogen (secondary N) is 1. The van der Waals surface area contributed by atoms with E-state index in [0.29, 0.717) is 12.5 Å². The lowest BCUT2D eigenvalue weighted by atomic mass is 10.1. The summed E-state index contributed by atoms with van der Waals surface area (Å²) in [4.78, 5) is 0. The molecule has 1 rings (SSSR count). The lowest BCUT2D eigenvalue weighted by Gasteiger charge is -2.19. The molecule has 0 aliphatic rings. The minimum atomic E-state index is 0.249. The van der Waals surface area contributed by atoms with Gasteiger partial charge in [-0.1, -0.05) is 39.8 Å². The van der Waals surface area contributed by atoms with Gasteiger partial charge in [0.2, 0.25) is 0 Å². The molecule has 0 saturated heterocycles. The van der Waals surface area contributed by atoms with Crippen molar-refractivity contribution in [2.75, 3.05) is 26.4 Å². The predicted molar refractivity (Wildman–Crippen MR) is 84.3 cm³/mol. The molecule has 0 aliphatic carbocycles. The van der Waals surface area contributed by atoms with E-state index in [9.17, 15) is 0 Å². The first kappa shape index (κ1) is 17.0. The molecule has 0 saturated carbocycles. The fourth-order valence-corrected chi connectivity index (χ4v) is 1.96. The largest absolute Gasteiger partial charge is 0.494 e. The van der Waals surface area contributed by atoms with Crippen LogP contribution in [0.3, 0.4) is 0 Å². The summed E-state index contributed by atoms with van der Waals surface area (Å²) < 4.78 is 11.4. The van der Waals surface area contributed by atoms with Crippen LogP contribution >= 0.6 is 0 Å². The lowest BCUT2D eigenvalue weighted by Crippen LogP contribution is -2.26. The summed E-state index contributed by atoms with van der Waals surface area (Å²) in [6, 6.07) is 8.57. The molecule has 0 spiro atoms. The van der Waals surface area contributed by atoms with E-state index in [1.807, 2.05) is 12.1 Å². The summed E-state index contributed by atoms with van der Waals surface area (Å²) in [5, 5.41) is 3.47. The molecule has 0 heterocycles. The standard InChI is InChI=1S/C17H29NO2/c1-5-11-20-16-9-7-15(8-10-16)17(18-6-2)13-19-12-14(3)4/h7-10,14,17-18H,5-6,11-13H2,1-4H3. The second kappa shape index (κ2) is 9.78. The topological polar surface area (TPSA) is 30.5 Å². The molecule has 0 fully saturated rings. The Kier molecular flexibility index (Phi) is 8.31. The Morgan fingerprint density at radius 2 is 1.75 bits per heavy atom. The first-order valence-electron chi connectivity index (χ1n) is 7.71. The van der Waals surface area contributed by atoms with E-state index >= 15 is 0 Å². The molecule has 0 aliphatic heterocycles. The molecule has 114 valence electrons. The van der Waals surface area contributed by atoms with Crippen LogP contribution in [0.4, 0.5) is 0 Å². The first-order valence-corrected chi connectivity index (χ1v) is 7.71. The van der Waals surface area contributed by atoms with E-state index in [-0.39, 0.29) is 6.04 Å². The van der Waals surface area contributed by atoms with Gasteiger partial charge in [0.15, 0.2) is 0 Å². The highest BCUT2D eigenvalue weighted by atomic mass is 16.5. The highest BCUT2D eigenvalue weighted by Crippen LogP contribution is 2.18. The van der Waals surface area contributed by atoms with Gasteiger partial charge in [0, 0.05) is 6.61 Å². The Balaban J connectivity index is 2.56. The molecule has 1 unspecified atom stereocenters. The van der Waals surface area contributed by atoms with Gasteiger partial charge in [-0.05, 0) is 36.6 Å². The van der Waals surface area contributed by atoms with Crippen LogP contribution in [0, 0.1) is 5.92 Å². The quantitative estimate of drug-likeness (QED) is 0.706. The van der Waals surface area contributed by atoms with Crippen molar-refractivity contribution in [2.24, 2.45) is 5.92 Å². The minimum Gasteiger partial charge on any atom is -0.494 e. The average molecular weight is 279 g/mol. The molecule has 20 heavy (non-hydrogen) atoms. The van der Waals surface area contributed by atoms with Crippen molar-refractivity contribution in [1.82, 2.24) is 5.32 Å². The number of likely N-dealkylation sites (N-methyl/N-ethyl adjacent to an activating group) is 1. The van der Waals surface area contributed by atoms with Gasteiger partial charge in [0.25, 0.3) is 0 Å². The third-order valence-electron chi connectivity index (χ3n) is 2.94. The van der Waals surface area contributed by atoms with E-state index in [0.717, 1.165) is 31.9 Å². The van der Waals surface area contributed by atoms with Gasteiger partial charge >= 0.3 is 0 Å². The Labute approximate surface area is 123 Å². The number of ether oxygens (including phenoxy) is 2. The molecule has 0 aromatic heterocycles. The molecule has 0 bridgehead atoms. The van der Waals surface area contributed by atoms with Crippen molar-refractivity contribution in [2.45, 2.75) is 40.2 Å². The zero-order valence-electron chi connectivity index (χ0n) is 13.3. The molecular formula is C17H29NO2. The summed E-state index contributed by atoms with van der Waals surface area (Å²) in [5.74, 6) is 1.51. The molecule has 1 aromatic rings. The van der Waals surface area contributed by atoms with Crippen molar-refractivity contribution < 1.29 is 9.47 Å². The number of hydrogen-bond acceptors (Lipinski definition) is 3. The monoisotopic (exact) mass is 279 g/mol. The zero-order chi connectivity index (χ0) is 14.8. The van der Waals surface area contributed by atoms with Crippen LogP contribution in [0.2, 0.25) is 0 Å². The number of rotatable bonds is 10. The van der Waals surface area contributed by atoms with Gasteiger partial charge in [-0.3, -0.25) is 0 Å². The van der Waals surface area contributed by atoms with E-state index in [4.69, 9.17) is 9.47 Å². The van der Waals surface area contributed by atoms with Crippen molar-refractivity contribution in [1.29, 1.82) is 0 Å². The predicted octanol–water partition coefficient (Wildman–Crippen LogP) is 3.80. The second-order valence-corrected chi connectivity index (χ2v) is 5.46. The van der Waals surface area contributed by atoms with E-state index < -0.39 is 0 Å².